The fourth-order valence-electron chi connectivity index (χ4n) is 2.28. The highest BCUT2D eigenvalue weighted by Gasteiger charge is 2.11. The topological polar surface area (TPSA) is 65.8 Å². The molecule has 1 aromatic carbocycles. The maximum absolute atomic E-state index is 12.1. The van der Waals surface area contributed by atoms with E-state index in [1.807, 2.05) is 32.0 Å². The summed E-state index contributed by atoms with van der Waals surface area (Å²) in [6.07, 6.45) is 1.83. The van der Waals surface area contributed by atoms with Crippen LogP contribution in [0.4, 0.5) is 0 Å². The summed E-state index contributed by atoms with van der Waals surface area (Å²) in [4.78, 5) is 16.4. The Kier molecular flexibility index (Phi) is 6.83. The molecule has 2 rings (SSSR count). The predicted octanol–water partition coefficient (Wildman–Crippen LogP) is 3.49. The maximum atomic E-state index is 12.1. The number of carbonyl (C=O) groups excluding carboxylic acids is 1. The lowest BCUT2D eigenvalue weighted by atomic mass is 10.1. The molecule has 5 heteroatoms. The molecule has 124 valence electrons. The van der Waals surface area contributed by atoms with Crippen molar-refractivity contribution in [2.75, 3.05) is 5.75 Å². The van der Waals surface area contributed by atoms with Crippen LogP contribution in [0, 0.1) is 18.3 Å². The molecule has 2 aromatic rings. The number of thioether (sulfide) groups is 1. The zero-order valence-corrected chi connectivity index (χ0v) is 14.8. The highest BCUT2D eigenvalue weighted by Crippen LogP contribution is 2.20. The SMILES string of the molecule is Cc1ccc(C#N)c(SCC(=O)N[C@H](C)CCc2ccccc2)n1. The lowest BCUT2D eigenvalue weighted by molar-refractivity contribution is -0.119. The van der Waals surface area contributed by atoms with Crippen molar-refractivity contribution in [1.82, 2.24) is 10.3 Å². The van der Waals surface area contributed by atoms with Gasteiger partial charge in [0.25, 0.3) is 0 Å². The fraction of sp³-hybridized carbons (Fsp3) is 0.316. The monoisotopic (exact) mass is 339 g/mol. The van der Waals surface area contributed by atoms with Crippen molar-refractivity contribution < 1.29 is 4.79 Å². The van der Waals surface area contributed by atoms with Gasteiger partial charge in [-0.2, -0.15) is 5.26 Å². The van der Waals surface area contributed by atoms with Crippen molar-refractivity contribution in [2.45, 2.75) is 37.8 Å². The van der Waals surface area contributed by atoms with E-state index in [0.717, 1.165) is 18.5 Å². The minimum absolute atomic E-state index is 0.0345. The van der Waals surface area contributed by atoms with E-state index in [9.17, 15) is 4.79 Å². The van der Waals surface area contributed by atoms with Crippen molar-refractivity contribution in [1.29, 1.82) is 5.26 Å². The first-order valence-electron chi connectivity index (χ1n) is 7.92. The van der Waals surface area contributed by atoms with Crippen LogP contribution in [0.1, 0.15) is 30.2 Å². The average molecular weight is 339 g/mol. The number of hydrogen-bond donors (Lipinski definition) is 1. The summed E-state index contributed by atoms with van der Waals surface area (Å²) >= 11 is 1.30. The Labute approximate surface area is 147 Å². The molecule has 4 nitrogen and oxygen atoms in total. The molecule has 0 saturated heterocycles. The Balaban J connectivity index is 1.79. The Bertz CT molecular complexity index is 725. The van der Waals surface area contributed by atoms with Gasteiger partial charge >= 0.3 is 0 Å². The first kappa shape index (κ1) is 18.0. The number of amides is 1. The standard InChI is InChI=1S/C19H21N3OS/c1-14(8-10-16-6-4-3-5-7-16)21-18(23)13-24-19-17(12-20)11-9-15(2)22-19/h3-7,9,11,14H,8,10,13H2,1-2H3,(H,21,23)/t14-/m1/s1. The maximum Gasteiger partial charge on any atom is 0.230 e. The second-order valence-corrected chi connectivity index (χ2v) is 6.66. The summed E-state index contributed by atoms with van der Waals surface area (Å²) in [6.45, 7) is 3.88. The van der Waals surface area contributed by atoms with Gasteiger partial charge in [0.15, 0.2) is 0 Å². The van der Waals surface area contributed by atoms with E-state index in [4.69, 9.17) is 5.26 Å². The molecule has 0 fully saturated rings. The van der Waals surface area contributed by atoms with Gasteiger partial charge in [-0.15, -0.1) is 0 Å². The molecule has 1 aromatic heterocycles. The van der Waals surface area contributed by atoms with Crippen molar-refractivity contribution in [3.63, 3.8) is 0 Å². The van der Waals surface area contributed by atoms with Gasteiger partial charge in [-0.3, -0.25) is 4.79 Å². The number of aryl methyl sites for hydroxylation is 2. The van der Waals surface area contributed by atoms with Crippen LogP contribution in [0.5, 0.6) is 0 Å². The summed E-state index contributed by atoms with van der Waals surface area (Å²) in [6, 6.07) is 16.0. The normalized spacial score (nSPS) is 11.5. The third-order valence-electron chi connectivity index (χ3n) is 3.58. The second-order valence-electron chi connectivity index (χ2n) is 5.70. The highest BCUT2D eigenvalue weighted by atomic mass is 32.2. The summed E-state index contributed by atoms with van der Waals surface area (Å²) in [5, 5.41) is 12.7. The van der Waals surface area contributed by atoms with Crippen LogP contribution < -0.4 is 5.32 Å². The second kappa shape index (κ2) is 9.09. The van der Waals surface area contributed by atoms with Crippen molar-refractivity contribution in [2.24, 2.45) is 0 Å². The van der Waals surface area contributed by atoms with Crippen LogP contribution in [0.15, 0.2) is 47.5 Å². The van der Waals surface area contributed by atoms with Gasteiger partial charge in [0.1, 0.15) is 11.1 Å². The van der Waals surface area contributed by atoms with E-state index >= 15 is 0 Å². The van der Waals surface area contributed by atoms with Gasteiger partial charge in [0.05, 0.1) is 11.3 Å². The number of carbonyl (C=O) groups is 1. The molecule has 1 amide bonds. The summed E-state index contributed by atoms with van der Waals surface area (Å²) in [5.41, 5.74) is 2.62. The Hall–Kier alpha value is -2.32. The molecule has 0 radical (unpaired) electrons. The third-order valence-corrected chi connectivity index (χ3v) is 4.57. The van der Waals surface area contributed by atoms with Crippen molar-refractivity contribution >= 4 is 17.7 Å². The van der Waals surface area contributed by atoms with Crippen LogP contribution in [0.25, 0.3) is 0 Å². The molecule has 0 unspecified atom stereocenters. The largest absolute Gasteiger partial charge is 0.353 e. The number of benzene rings is 1. The number of nitrogens with one attached hydrogen (secondary N) is 1. The van der Waals surface area contributed by atoms with Crippen molar-refractivity contribution in [3.05, 3.63) is 59.3 Å². The smallest absolute Gasteiger partial charge is 0.230 e. The van der Waals surface area contributed by atoms with Crippen LogP contribution in [-0.2, 0) is 11.2 Å². The average Bonchev–Trinajstić information content (AvgIpc) is 2.59. The van der Waals surface area contributed by atoms with Crippen LogP contribution in [-0.4, -0.2) is 22.7 Å². The number of pyridine rings is 1. The minimum atomic E-state index is -0.0345. The van der Waals surface area contributed by atoms with Gasteiger partial charge < -0.3 is 5.32 Å². The lowest BCUT2D eigenvalue weighted by Crippen LogP contribution is -2.34. The number of nitrogens with zero attached hydrogens (tertiary/aromatic N) is 2. The van der Waals surface area contributed by atoms with E-state index in [1.165, 1.54) is 17.3 Å². The molecule has 0 bridgehead atoms. The van der Waals surface area contributed by atoms with E-state index in [2.05, 4.69) is 28.5 Å². The van der Waals surface area contributed by atoms with E-state index in [1.54, 1.807) is 12.1 Å². The Morgan fingerprint density at radius 2 is 2.04 bits per heavy atom. The highest BCUT2D eigenvalue weighted by molar-refractivity contribution is 8.00. The fourth-order valence-corrected chi connectivity index (χ4v) is 3.11. The van der Waals surface area contributed by atoms with Gasteiger partial charge in [0.2, 0.25) is 5.91 Å². The first-order valence-corrected chi connectivity index (χ1v) is 8.91. The van der Waals surface area contributed by atoms with Gasteiger partial charge in [-0.1, -0.05) is 42.1 Å². The molecule has 0 aliphatic heterocycles. The molecule has 1 N–H and O–H groups in total. The van der Waals surface area contributed by atoms with E-state index in [0.29, 0.717) is 10.6 Å². The Morgan fingerprint density at radius 3 is 2.75 bits per heavy atom. The number of rotatable bonds is 7. The molecule has 0 spiro atoms. The summed E-state index contributed by atoms with van der Waals surface area (Å²) in [7, 11) is 0. The lowest BCUT2D eigenvalue weighted by Gasteiger charge is -2.14. The zero-order chi connectivity index (χ0) is 17.4. The summed E-state index contributed by atoms with van der Waals surface area (Å²) in [5.74, 6) is 0.230. The predicted molar refractivity (Wildman–Crippen MR) is 96.8 cm³/mol. The number of hydrogen-bond acceptors (Lipinski definition) is 4. The summed E-state index contributed by atoms with van der Waals surface area (Å²) < 4.78 is 0. The number of aromatic nitrogens is 1. The molecule has 0 saturated carbocycles. The van der Waals surface area contributed by atoms with Gasteiger partial charge in [0, 0.05) is 11.7 Å². The first-order chi connectivity index (χ1) is 11.6. The van der Waals surface area contributed by atoms with Gasteiger partial charge in [-0.05, 0) is 44.4 Å². The minimum Gasteiger partial charge on any atom is -0.353 e. The molecule has 24 heavy (non-hydrogen) atoms. The van der Waals surface area contributed by atoms with Crippen LogP contribution in [0.3, 0.4) is 0 Å². The Morgan fingerprint density at radius 1 is 1.29 bits per heavy atom. The van der Waals surface area contributed by atoms with Crippen molar-refractivity contribution in [3.8, 4) is 6.07 Å². The van der Waals surface area contributed by atoms with Crippen LogP contribution >= 0.6 is 11.8 Å². The van der Waals surface area contributed by atoms with Crippen LogP contribution in [0.2, 0.25) is 0 Å². The molecule has 1 atom stereocenters. The molecule has 0 aliphatic rings. The van der Waals surface area contributed by atoms with E-state index in [-0.39, 0.29) is 17.7 Å². The molecule has 1 heterocycles. The molecular weight excluding hydrogens is 318 g/mol. The zero-order valence-electron chi connectivity index (χ0n) is 14.0. The third kappa shape index (κ3) is 5.71. The van der Waals surface area contributed by atoms with Gasteiger partial charge in [-0.25, -0.2) is 4.98 Å². The molecule has 0 aliphatic carbocycles. The molecular formula is C19H21N3OS. The van der Waals surface area contributed by atoms with E-state index < -0.39 is 0 Å². The quantitative estimate of drug-likeness (QED) is 0.784. The number of nitriles is 1.